The molecule has 2 rings (SSSR count). The summed E-state index contributed by atoms with van der Waals surface area (Å²) < 4.78 is 5.22. The lowest BCUT2D eigenvalue weighted by Gasteiger charge is -2.18. The Morgan fingerprint density at radius 1 is 1.26 bits per heavy atom. The lowest BCUT2D eigenvalue weighted by Crippen LogP contribution is -2.29. The largest absolute Gasteiger partial charge is 0.497 e. The van der Waals surface area contributed by atoms with Crippen LogP contribution in [0.4, 0.5) is 0 Å². The van der Waals surface area contributed by atoms with Crippen molar-refractivity contribution in [2.45, 2.75) is 32.1 Å². The molecule has 4 nitrogen and oxygen atoms in total. The average Bonchev–Trinajstić information content (AvgIpc) is 2.60. The summed E-state index contributed by atoms with van der Waals surface area (Å²) in [5, 5.41) is 3.04. The highest BCUT2D eigenvalue weighted by Crippen LogP contribution is 2.22. The summed E-state index contributed by atoms with van der Waals surface area (Å²) in [6.07, 6.45) is 5.93. The molecule has 23 heavy (non-hydrogen) atoms. The van der Waals surface area contributed by atoms with Gasteiger partial charge in [-0.15, -0.1) is 0 Å². The number of nitrogens with zero attached hydrogens (tertiary/aromatic N) is 1. The number of benzene rings is 1. The summed E-state index contributed by atoms with van der Waals surface area (Å²) in [6.45, 7) is 2.64. The Morgan fingerprint density at radius 3 is 2.65 bits per heavy atom. The predicted molar refractivity (Wildman–Crippen MR) is 91.6 cm³/mol. The Labute approximate surface area is 137 Å². The number of rotatable bonds is 8. The van der Waals surface area contributed by atoms with E-state index in [1.54, 1.807) is 13.3 Å². The maximum atomic E-state index is 11.8. The fraction of sp³-hybridized carbons (Fsp3) is 0.368. The first-order chi connectivity index (χ1) is 11.2. The molecule has 0 radical (unpaired) electrons. The van der Waals surface area contributed by atoms with Crippen molar-refractivity contribution in [1.29, 1.82) is 0 Å². The quantitative estimate of drug-likeness (QED) is 0.813. The van der Waals surface area contributed by atoms with E-state index in [-0.39, 0.29) is 11.8 Å². The van der Waals surface area contributed by atoms with Gasteiger partial charge in [0.05, 0.1) is 7.11 Å². The van der Waals surface area contributed by atoms with Crippen LogP contribution >= 0.6 is 0 Å². The Morgan fingerprint density at radius 2 is 2.04 bits per heavy atom. The van der Waals surface area contributed by atoms with Crippen LogP contribution in [0.1, 0.15) is 36.8 Å². The molecule has 122 valence electrons. The zero-order valence-corrected chi connectivity index (χ0v) is 13.8. The molecular weight excluding hydrogens is 288 g/mol. The third-order valence-corrected chi connectivity index (χ3v) is 3.81. The molecule has 0 saturated heterocycles. The van der Waals surface area contributed by atoms with Gasteiger partial charge < -0.3 is 10.1 Å². The molecule has 2 aromatic rings. The van der Waals surface area contributed by atoms with E-state index in [0.29, 0.717) is 13.0 Å². The molecule has 0 bridgehead atoms. The van der Waals surface area contributed by atoms with Crippen molar-refractivity contribution in [2.75, 3.05) is 13.7 Å². The standard InChI is InChI=1S/C19H24N2O2/c1-3-5-19(22)21-14-17(12-15-6-4-11-20-13-15)16-7-9-18(23-2)10-8-16/h4,6-11,13,17H,3,5,12,14H2,1-2H3,(H,21,22). The Bertz CT molecular complexity index is 597. The van der Waals surface area contributed by atoms with Gasteiger partial charge in [-0.3, -0.25) is 9.78 Å². The molecule has 0 spiro atoms. The minimum Gasteiger partial charge on any atom is -0.497 e. The van der Waals surface area contributed by atoms with Crippen LogP contribution in [0.2, 0.25) is 0 Å². The van der Waals surface area contributed by atoms with Crippen LogP contribution in [0.3, 0.4) is 0 Å². The summed E-state index contributed by atoms with van der Waals surface area (Å²) in [4.78, 5) is 16.0. The predicted octanol–water partition coefficient (Wildman–Crippen LogP) is 3.33. The van der Waals surface area contributed by atoms with E-state index in [9.17, 15) is 4.79 Å². The molecule has 0 aliphatic carbocycles. The maximum absolute atomic E-state index is 11.8. The second-order valence-corrected chi connectivity index (χ2v) is 5.59. The van der Waals surface area contributed by atoms with Crippen LogP contribution in [0.15, 0.2) is 48.8 Å². The average molecular weight is 312 g/mol. The van der Waals surface area contributed by atoms with Crippen molar-refractivity contribution < 1.29 is 9.53 Å². The molecule has 0 saturated carbocycles. The molecule has 1 N–H and O–H groups in total. The van der Waals surface area contributed by atoms with Crippen LogP contribution < -0.4 is 10.1 Å². The molecule has 0 fully saturated rings. The van der Waals surface area contributed by atoms with Gasteiger partial charge in [-0.2, -0.15) is 0 Å². The number of ether oxygens (including phenoxy) is 1. The fourth-order valence-corrected chi connectivity index (χ4v) is 2.54. The van der Waals surface area contributed by atoms with Crippen molar-refractivity contribution >= 4 is 5.91 Å². The highest BCUT2D eigenvalue weighted by Gasteiger charge is 2.14. The molecule has 1 aromatic heterocycles. The van der Waals surface area contributed by atoms with Gasteiger partial charge in [0.1, 0.15) is 5.75 Å². The van der Waals surface area contributed by atoms with Crippen LogP contribution in [-0.4, -0.2) is 24.5 Å². The SMILES string of the molecule is CCCC(=O)NCC(Cc1cccnc1)c1ccc(OC)cc1. The van der Waals surface area contributed by atoms with Crippen molar-refractivity contribution in [2.24, 2.45) is 0 Å². The van der Waals surface area contributed by atoms with Gasteiger partial charge in [-0.25, -0.2) is 0 Å². The third kappa shape index (κ3) is 5.40. The van der Waals surface area contributed by atoms with E-state index in [2.05, 4.69) is 28.5 Å². The summed E-state index contributed by atoms with van der Waals surface area (Å²) in [5.74, 6) is 1.16. The Kier molecular flexibility index (Phi) is 6.60. The highest BCUT2D eigenvalue weighted by atomic mass is 16.5. The van der Waals surface area contributed by atoms with Crippen LogP contribution in [0, 0.1) is 0 Å². The Balaban J connectivity index is 2.10. The van der Waals surface area contributed by atoms with Crippen molar-refractivity contribution in [3.63, 3.8) is 0 Å². The van der Waals surface area contributed by atoms with Gasteiger partial charge in [-0.05, 0) is 42.2 Å². The van der Waals surface area contributed by atoms with Crippen molar-refractivity contribution in [1.82, 2.24) is 10.3 Å². The number of amides is 1. The molecule has 1 unspecified atom stereocenters. The highest BCUT2D eigenvalue weighted by molar-refractivity contribution is 5.75. The van der Waals surface area contributed by atoms with Crippen LogP contribution in [-0.2, 0) is 11.2 Å². The number of carbonyl (C=O) groups excluding carboxylic acids is 1. The summed E-state index contributed by atoms with van der Waals surface area (Å²) >= 11 is 0. The minimum atomic E-state index is 0.109. The molecule has 1 aromatic carbocycles. The minimum absolute atomic E-state index is 0.109. The van der Waals surface area contributed by atoms with Gasteiger partial charge in [0.25, 0.3) is 0 Å². The van der Waals surface area contributed by atoms with E-state index in [1.807, 2.05) is 31.3 Å². The monoisotopic (exact) mass is 312 g/mol. The lowest BCUT2D eigenvalue weighted by molar-refractivity contribution is -0.121. The van der Waals surface area contributed by atoms with Gasteiger partial charge in [0.2, 0.25) is 5.91 Å². The summed E-state index contributed by atoms with van der Waals surface area (Å²) in [6, 6.07) is 12.0. The number of methoxy groups -OCH3 is 1. The van der Waals surface area contributed by atoms with Crippen molar-refractivity contribution in [3.05, 3.63) is 59.9 Å². The lowest BCUT2D eigenvalue weighted by atomic mass is 9.92. The third-order valence-electron chi connectivity index (χ3n) is 3.81. The van der Waals surface area contributed by atoms with Gasteiger partial charge in [-0.1, -0.05) is 25.1 Å². The van der Waals surface area contributed by atoms with Crippen LogP contribution in [0.5, 0.6) is 5.75 Å². The molecule has 1 atom stereocenters. The van der Waals surface area contributed by atoms with Gasteiger partial charge in [0, 0.05) is 31.3 Å². The fourth-order valence-electron chi connectivity index (χ4n) is 2.54. The zero-order chi connectivity index (χ0) is 16.5. The number of nitrogens with one attached hydrogen (secondary N) is 1. The van der Waals surface area contributed by atoms with E-state index in [1.165, 1.54) is 5.56 Å². The van der Waals surface area contributed by atoms with Crippen molar-refractivity contribution in [3.8, 4) is 5.75 Å². The van der Waals surface area contributed by atoms with Crippen LogP contribution in [0.25, 0.3) is 0 Å². The molecule has 0 aliphatic heterocycles. The summed E-state index contributed by atoms with van der Waals surface area (Å²) in [7, 11) is 1.66. The van der Waals surface area contributed by atoms with E-state index in [0.717, 1.165) is 24.2 Å². The van der Waals surface area contributed by atoms with E-state index < -0.39 is 0 Å². The number of hydrogen-bond acceptors (Lipinski definition) is 3. The van der Waals surface area contributed by atoms with Gasteiger partial charge in [0.15, 0.2) is 0 Å². The zero-order valence-electron chi connectivity index (χ0n) is 13.8. The molecule has 1 amide bonds. The molecular formula is C19H24N2O2. The smallest absolute Gasteiger partial charge is 0.220 e. The van der Waals surface area contributed by atoms with Gasteiger partial charge >= 0.3 is 0 Å². The maximum Gasteiger partial charge on any atom is 0.220 e. The summed E-state index contributed by atoms with van der Waals surface area (Å²) in [5.41, 5.74) is 2.35. The first-order valence-electron chi connectivity index (χ1n) is 8.02. The topological polar surface area (TPSA) is 51.2 Å². The van der Waals surface area contributed by atoms with E-state index >= 15 is 0 Å². The molecule has 1 heterocycles. The first-order valence-corrected chi connectivity index (χ1v) is 8.02. The van der Waals surface area contributed by atoms with E-state index in [4.69, 9.17) is 4.74 Å². The normalized spacial score (nSPS) is 11.7. The molecule has 4 heteroatoms. The molecule has 0 aliphatic rings. The second-order valence-electron chi connectivity index (χ2n) is 5.59. The first kappa shape index (κ1) is 17.0. The number of pyridine rings is 1. The number of carbonyl (C=O) groups is 1. The second kappa shape index (κ2) is 8.93. The number of hydrogen-bond donors (Lipinski definition) is 1. The number of aromatic nitrogens is 1. The Hall–Kier alpha value is -2.36.